The SMILES string of the molecule is Cc1ccc(C(C)C)c(OCCNC[C@H]2CCCO2)c1. The molecule has 0 aliphatic carbocycles. The molecule has 1 heterocycles. The molecule has 3 heteroatoms. The van der Waals surface area contributed by atoms with Crippen LogP contribution in [0.2, 0.25) is 0 Å². The van der Waals surface area contributed by atoms with Crippen molar-refractivity contribution >= 4 is 0 Å². The van der Waals surface area contributed by atoms with Gasteiger partial charge in [-0.25, -0.2) is 0 Å². The normalized spacial score (nSPS) is 18.7. The summed E-state index contributed by atoms with van der Waals surface area (Å²) < 4.78 is 11.5. The Hall–Kier alpha value is -1.06. The van der Waals surface area contributed by atoms with E-state index in [1.165, 1.54) is 24.0 Å². The van der Waals surface area contributed by atoms with Gasteiger partial charge < -0.3 is 14.8 Å². The van der Waals surface area contributed by atoms with Gasteiger partial charge in [-0.15, -0.1) is 0 Å². The van der Waals surface area contributed by atoms with E-state index in [0.29, 0.717) is 18.6 Å². The second-order valence-electron chi connectivity index (χ2n) is 5.88. The molecule has 0 bridgehead atoms. The summed E-state index contributed by atoms with van der Waals surface area (Å²) in [7, 11) is 0. The zero-order valence-corrected chi connectivity index (χ0v) is 12.9. The Morgan fingerprint density at radius 1 is 1.40 bits per heavy atom. The summed E-state index contributed by atoms with van der Waals surface area (Å²) in [6, 6.07) is 6.46. The van der Waals surface area contributed by atoms with Crippen LogP contribution in [0.3, 0.4) is 0 Å². The minimum atomic E-state index is 0.403. The van der Waals surface area contributed by atoms with E-state index in [1.54, 1.807) is 0 Å². The largest absolute Gasteiger partial charge is 0.492 e. The summed E-state index contributed by atoms with van der Waals surface area (Å²) in [6.45, 7) is 9.94. The van der Waals surface area contributed by atoms with Gasteiger partial charge in [-0.3, -0.25) is 0 Å². The number of hydrogen-bond acceptors (Lipinski definition) is 3. The number of ether oxygens (including phenoxy) is 2. The standard InChI is InChI=1S/C17H27NO2/c1-13(2)16-7-6-14(3)11-17(16)20-10-8-18-12-15-5-4-9-19-15/h6-7,11,13,15,18H,4-5,8-10,12H2,1-3H3/t15-/m1/s1. The van der Waals surface area contributed by atoms with Crippen LogP contribution in [0.25, 0.3) is 0 Å². The molecule has 0 aromatic heterocycles. The van der Waals surface area contributed by atoms with Gasteiger partial charge in [-0.1, -0.05) is 26.0 Å². The van der Waals surface area contributed by atoms with E-state index in [1.807, 2.05) is 0 Å². The molecule has 0 radical (unpaired) electrons. The highest BCUT2D eigenvalue weighted by Crippen LogP contribution is 2.27. The molecule has 1 aromatic carbocycles. The van der Waals surface area contributed by atoms with E-state index in [9.17, 15) is 0 Å². The topological polar surface area (TPSA) is 30.5 Å². The highest BCUT2D eigenvalue weighted by molar-refractivity contribution is 5.39. The zero-order valence-electron chi connectivity index (χ0n) is 12.9. The monoisotopic (exact) mass is 277 g/mol. The van der Waals surface area contributed by atoms with E-state index in [0.717, 1.165) is 25.4 Å². The molecule has 1 fully saturated rings. The van der Waals surface area contributed by atoms with Crippen molar-refractivity contribution in [1.29, 1.82) is 0 Å². The molecule has 0 saturated carbocycles. The predicted molar refractivity (Wildman–Crippen MR) is 82.6 cm³/mol. The third-order valence-electron chi connectivity index (χ3n) is 3.72. The molecule has 2 rings (SSSR count). The maximum atomic E-state index is 5.94. The highest BCUT2D eigenvalue weighted by Gasteiger charge is 2.14. The van der Waals surface area contributed by atoms with Crippen LogP contribution >= 0.6 is 0 Å². The van der Waals surface area contributed by atoms with Gasteiger partial charge in [0.15, 0.2) is 0 Å². The molecule has 1 aliphatic heterocycles. The lowest BCUT2D eigenvalue weighted by molar-refractivity contribution is 0.109. The van der Waals surface area contributed by atoms with Crippen molar-refractivity contribution in [2.75, 3.05) is 26.3 Å². The lowest BCUT2D eigenvalue weighted by Gasteiger charge is -2.16. The van der Waals surface area contributed by atoms with Crippen LogP contribution in [0.15, 0.2) is 18.2 Å². The zero-order chi connectivity index (χ0) is 14.4. The second kappa shape index (κ2) is 7.65. The Morgan fingerprint density at radius 2 is 2.25 bits per heavy atom. The third kappa shape index (κ3) is 4.50. The van der Waals surface area contributed by atoms with E-state index < -0.39 is 0 Å². The minimum absolute atomic E-state index is 0.403. The molecule has 0 unspecified atom stereocenters. The summed E-state index contributed by atoms with van der Waals surface area (Å²) in [5, 5.41) is 3.41. The summed E-state index contributed by atoms with van der Waals surface area (Å²) in [4.78, 5) is 0. The second-order valence-corrected chi connectivity index (χ2v) is 5.88. The maximum absolute atomic E-state index is 5.94. The van der Waals surface area contributed by atoms with E-state index in [-0.39, 0.29) is 0 Å². The Morgan fingerprint density at radius 3 is 2.95 bits per heavy atom. The van der Waals surface area contributed by atoms with Crippen LogP contribution in [0.4, 0.5) is 0 Å². The first kappa shape index (κ1) is 15.3. The molecule has 1 aliphatic rings. The van der Waals surface area contributed by atoms with Crippen molar-refractivity contribution in [2.45, 2.75) is 45.6 Å². The predicted octanol–water partition coefficient (Wildman–Crippen LogP) is 3.27. The van der Waals surface area contributed by atoms with Gasteiger partial charge in [-0.05, 0) is 42.9 Å². The number of aryl methyl sites for hydroxylation is 1. The van der Waals surface area contributed by atoms with Crippen molar-refractivity contribution in [3.63, 3.8) is 0 Å². The lowest BCUT2D eigenvalue weighted by Crippen LogP contribution is -2.29. The molecular formula is C17H27NO2. The van der Waals surface area contributed by atoms with Crippen LogP contribution in [0.1, 0.15) is 43.7 Å². The molecule has 1 saturated heterocycles. The first-order valence-corrected chi connectivity index (χ1v) is 7.72. The van der Waals surface area contributed by atoms with E-state index in [2.05, 4.69) is 44.3 Å². The molecular weight excluding hydrogens is 250 g/mol. The molecule has 112 valence electrons. The molecule has 1 N–H and O–H groups in total. The Bertz CT molecular complexity index is 411. The Kier molecular flexibility index (Phi) is 5.86. The van der Waals surface area contributed by atoms with Gasteiger partial charge in [0.1, 0.15) is 12.4 Å². The van der Waals surface area contributed by atoms with Gasteiger partial charge in [0.2, 0.25) is 0 Å². The fourth-order valence-corrected chi connectivity index (χ4v) is 2.55. The van der Waals surface area contributed by atoms with Crippen LogP contribution < -0.4 is 10.1 Å². The fourth-order valence-electron chi connectivity index (χ4n) is 2.55. The Balaban J connectivity index is 1.74. The number of nitrogens with one attached hydrogen (secondary N) is 1. The lowest BCUT2D eigenvalue weighted by atomic mass is 10.0. The van der Waals surface area contributed by atoms with Crippen molar-refractivity contribution in [1.82, 2.24) is 5.32 Å². The van der Waals surface area contributed by atoms with Crippen molar-refractivity contribution in [3.8, 4) is 5.75 Å². The van der Waals surface area contributed by atoms with Gasteiger partial charge in [-0.2, -0.15) is 0 Å². The van der Waals surface area contributed by atoms with Crippen molar-refractivity contribution < 1.29 is 9.47 Å². The number of rotatable bonds is 7. The Labute approximate surface area is 122 Å². The van der Waals surface area contributed by atoms with Gasteiger partial charge in [0.05, 0.1) is 6.10 Å². The van der Waals surface area contributed by atoms with Crippen LogP contribution in [-0.4, -0.2) is 32.4 Å². The molecule has 0 amide bonds. The maximum Gasteiger partial charge on any atom is 0.123 e. The average molecular weight is 277 g/mol. The quantitative estimate of drug-likeness (QED) is 0.776. The molecule has 3 nitrogen and oxygen atoms in total. The van der Waals surface area contributed by atoms with E-state index >= 15 is 0 Å². The highest BCUT2D eigenvalue weighted by atomic mass is 16.5. The van der Waals surface area contributed by atoms with E-state index in [4.69, 9.17) is 9.47 Å². The number of benzene rings is 1. The molecule has 0 spiro atoms. The summed E-state index contributed by atoms with van der Waals surface area (Å²) in [6.07, 6.45) is 2.79. The summed E-state index contributed by atoms with van der Waals surface area (Å²) in [5.41, 5.74) is 2.53. The van der Waals surface area contributed by atoms with Gasteiger partial charge in [0.25, 0.3) is 0 Å². The number of hydrogen-bond donors (Lipinski definition) is 1. The van der Waals surface area contributed by atoms with Gasteiger partial charge in [0, 0.05) is 19.7 Å². The minimum Gasteiger partial charge on any atom is -0.492 e. The smallest absolute Gasteiger partial charge is 0.123 e. The van der Waals surface area contributed by atoms with Crippen molar-refractivity contribution in [3.05, 3.63) is 29.3 Å². The van der Waals surface area contributed by atoms with Crippen LogP contribution in [0.5, 0.6) is 5.75 Å². The third-order valence-corrected chi connectivity index (χ3v) is 3.72. The first-order chi connectivity index (χ1) is 9.66. The van der Waals surface area contributed by atoms with Crippen LogP contribution in [-0.2, 0) is 4.74 Å². The summed E-state index contributed by atoms with van der Waals surface area (Å²) >= 11 is 0. The fraction of sp³-hybridized carbons (Fsp3) is 0.647. The van der Waals surface area contributed by atoms with Crippen molar-refractivity contribution in [2.24, 2.45) is 0 Å². The molecule has 1 aromatic rings. The average Bonchev–Trinajstić information content (AvgIpc) is 2.91. The summed E-state index contributed by atoms with van der Waals surface area (Å²) in [5.74, 6) is 1.52. The van der Waals surface area contributed by atoms with Gasteiger partial charge >= 0.3 is 0 Å². The molecule has 20 heavy (non-hydrogen) atoms. The first-order valence-electron chi connectivity index (χ1n) is 7.72. The molecule has 1 atom stereocenters. The van der Waals surface area contributed by atoms with Crippen LogP contribution in [0, 0.1) is 6.92 Å².